The molecule has 2 fully saturated rings. The third-order valence-corrected chi connectivity index (χ3v) is 5.63. The molecule has 1 aromatic rings. The zero-order chi connectivity index (χ0) is 14.6. The van der Waals surface area contributed by atoms with Crippen LogP contribution in [0.5, 0.6) is 0 Å². The van der Waals surface area contributed by atoms with Crippen LogP contribution in [0.2, 0.25) is 0 Å². The second-order valence-corrected chi connectivity index (χ2v) is 7.15. The van der Waals surface area contributed by atoms with E-state index in [4.69, 9.17) is 0 Å². The fourth-order valence-electron chi connectivity index (χ4n) is 4.06. The Morgan fingerprint density at radius 2 is 1.48 bits per heavy atom. The lowest BCUT2D eigenvalue weighted by molar-refractivity contribution is -0.140. The van der Waals surface area contributed by atoms with E-state index in [-0.39, 0.29) is 35.5 Å². The molecule has 108 valence electrons. The largest absolute Gasteiger partial charge is 0.278 e. The normalized spacial score (nSPS) is 33.7. The first-order valence-corrected chi connectivity index (χ1v) is 8.22. The number of carbonyl (C=O) groups is 2. The van der Waals surface area contributed by atoms with Crippen molar-refractivity contribution in [2.24, 2.45) is 23.7 Å². The van der Waals surface area contributed by atoms with E-state index in [1.807, 2.05) is 24.3 Å². The van der Waals surface area contributed by atoms with E-state index in [1.54, 1.807) is 0 Å². The van der Waals surface area contributed by atoms with Gasteiger partial charge in [-0.1, -0.05) is 40.2 Å². The molecule has 3 nitrogen and oxygen atoms in total. The van der Waals surface area contributed by atoms with E-state index in [0.717, 1.165) is 22.9 Å². The first-order valence-electron chi connectivity index (χ1n) is 7.43. The van der Waals surface area contributed by atoms with Gasteiger partial charge in [0.05, 0.1) is 18.4 Å². The predicted octanol–water partition coefficient (Wildman–Crippen LogP) is 3.15. The van der Waals surface area contributed by atoms with Gasteiger partial charge in [0, 0.05) is 4.47 Å². The number of amides is 2. The van der Waals surface area contributed by atoms with Gasteiger partial charge in [0.2, 0.25) is 11.8 Å². The summed E-state index contributed by atoms with van der Waals surface area (Å²) in [5, 5.41) is 0. The van der Waals surface area contributed by atoms with Crippen LogP contribution in [-0.4, -0.2) is 16.7 Å². The van der Waals surface area contributed by atoms with Crippen LogP contribution in [0.4, 0.5) is 0 Å². The summed E-state index contributed by atoms with van der Waals surface area (Å²) < 4.78 is 1.00. The number of imide groups is 1. The smallest absolute Gasteiger partial charge is 0.234 e. The molecule has 0 spiro atoms. The maximum Gasteiger partial charge on any atom is 0.234 e. The molecule has 3 aliphatic carbocycles. The molecule has 4 atom stereocenters. The minimum absolute atomic E-state index is 0.0342. The maximum atomic E-state index is 12.7. The van der Waals surface area contributed by atoms with Gasteiger partial charge in [-0.3, -0.25) is 14.5 Å². The highest BCUT2D eigenvalue weighted by Gasteiger charge is 2.56. The van der Waals surface area contributed by atoms with E-state index in [9.17, 15) is 9.59 Å². The molecule has 2 amide bonds. The van der Waals surface area contributed by atoms with E-state index in [2.05, 4.69) is 28.1 Å². The average Bonchev–Trinajstić information content (AvgIpc) is 2.78. The lowest BCUT2D eigenvalue weighted by Crippen LogP contribution is -2.38. The Labute approximate surface area is 132 Å². The number of likely N-dealkylation sites (tertiary alicyclic amines) is 1. The van der Waals surface area contributed by atoms with Gasteiger partial charge in [0.1, 0.15) is 0 Å². The molecule has 1 aliphatic heterocycles. The van der Waals surface area contributed by atoms with E-state index < -0.39 is 0 Å². The molecule has 0 radical (unpaired) electrons. The number of carbonyl (C=O) groups excluding carboxylic acids is 2. The van der Waals surface area contributed by atoms with Crippen LogP contribution in [0.25, 0.3) is 0 Å². The van der Waals surface area contributed by atoms with Crippen molar-refractivity contribution in [3.05, 3.63) is 46.5 Å². The Kier molecular flexibility index (Phi) is 3.03. The Morgan fingerprint density at radius 3 is 1.95 bits per heavy atom. The monoisotopic (exact) mass is 345 g/mol. The molecule has 4 aliphatic rings. The van der Waals surface area contributed by atoms with Crippen molar-refractivity contribution >= 4 is 27.7 Å². The number of nitrogens with zero attached hydrogens (tertiary/aromatic N) is 1. The first-order chi connectivity index (χ1) is 10.1. The minimum atomic E-state index is -0.100. The van der Waals surface area contributed by atoms with Crippen molar-refractivity contribution in [3.63, 3.8) is 0 Å². The van der Waals surface area contributed by atoms with Crippen molar-refractivity contribution < 1.29 is 9.59 Å². The molecule has 1 saturated carbocycles. The van der Waals surface area contributed by atoms with Crippen molar-refractivity contribution in [1.82, 2.24) is 4.90 Å². The van der Waals surface area contributed by atoms with Crippen molar-refractivity contribution in [2.75, 3.05) is 0 Å². The molecule has 21 heavy (non-hydrogen) atoms. The van der Waals surface area contributed by atoms with Gasteiger partial charge in [-0.25, -0.2) is 0 Å². The van der Waals surface area contributed by atoms with Gasteiger partial charge in [-0.2, -0.15) is 0 Å². The first kappa shape index (κ1) is 13.3. The average molecular weight is 346 g/mol. The summed E-state index contributed by atoms with van der Waals surface area (Å²) in [6.07, 6.45) is 6.41. The summed E-state index contributed by atoms with van der Waals surface area (Å²) in [7, 11) is 0. The molecule has 1 aromatic carbocycles. The molecule has 0 unspecified atom stereocenters. The summed E-state index contributed by atoms with van der Waals surface area (Å²) in [6.45, 7) is 0.400. The Hall–Kier alpha value is -1.42. The Bertz CT molecular complexity index is 605. The zero-order valence-corrected chi connectivity index (χ0v) is 13.1. The number of benzene rings is 1. The Morgan fingerprint density at radius 1 is 0.952 bits per heavy atom. The van der Waals surface area contributed by atoms with Gasteiger partial charge in [-0.15, -0.1) is 0 Å². The summed E-state index contributed by atoms with van der Waals surface area (Å²) in [5.74, 6) is 0.407. The van der Waals surface area contributed by atoms with Crippen molar-refractivity contribution in [2.45, 2.75) is 19.4 Å². The summed E-state index contributed by atoms with van der Waals surface area (Å²) in [6, 6.07) is 7.80. The summed E-state index contributed by atoms with van der Waals surface area (Å²) in [4.78, 5) is 26.8. The third kappa shape index (κ3) is 2.00. The number of halogens is 1. The van der Waals surface area contributed by atoms with Crippen molar-refractivity contribution in [3.8, 4) is 0 Å². The number of hydrogen-bond donors (Lipinski definition) is 0. The van der Waals surface area contributed by atoms with Gasteiger partial charge in [0.15, 0.2) is 0 Å². The molecule has 1 saturated heterocycles. The Balaban J connectivity index is 1.61. The zero-order valence-electron chi connectivity index (χ0n) is 11.5. The number of allylic oxidation sites excluding steroid dienone is 2. The molecule has 0 aromatic heterocycles. The topological polar surface area (TPSA) is 37.4 Å². The second kappa shape index (κ2) is 4.80. The van der Waals surface area contributed by atoms with E-state index >= 15 is 0 Å². The highest BCUT2D eigenvalue weighted by Crippen LogP contribution is 2.49. The standard InChI is InChI=1S/C17H16BrNO2/c18-13-7-1-10(2-8-13)9-19-16(20)14-11-3-4-12(6-5-11)15(14)17(19)21/h1-4,7-8,11-12,14-15H,5-6,9H2/t11-,12-,14+,15+/m0/s1. The van der Waals surface area contributed by atoms with Crippen LogP contribution in [0.15, 0.2) is 40.9 Å². The second-order valence-electron chi connectivity index (χ2n) is 6.23. The minimum Gasteiger partial charge on any atom is -0.278 e. The van der Waals surface area contributed by atoms with Gasteiger partial charge in [-0.05, 0) is 42.4 Å². The van der Waals surface area contributed by atoms with Crippen LogP contribution in [0.3, 0.4) is 0 Å². The predicted molar refractivity (Wildman–Crippen MR) is 82.0 cm³/mol. The van der Waals surface area contributed by atoms with Gasteiger partial charge in [0.25, 0.3) is 0 Å². The SMILES string of the molecule is O=C1[C@H]2[C@H](C(=O)N1Cc1ccc(Br)cc1)[C@H]1C=C[C@H]2CC1. The number of rotatable bonds is 2. The highest BCUT2D eigenvalue weighted by atomic mass is 79.9. The quantitative estimate of drug-likeness (QED) is 0.609. The van der Waals surface area contributed by atoms with E-state index in [1.165, 1.54) is 4.90 Å². The van der Waals surface area contributed by atoms with Gasteiger partial charge >= 0.3 is 0 Å². The highest BCUT2D eigenvalue weighted by molar-refractivity contribution is 9.10. The molecule has 4 heteroatoms. The molecule has 2 bridgehead atoms. The summed E-state index contributed by atoms with van der Waals surface area (Å²) in [5.41, 5.74) is 0.999. The third-order valence-electron chi connectivity index (χ3n) is 5.10. The molecule has 1 heterocycles. The van der Waals surface area contributed by atoms with Crippen LogP contribution in [0.1, 0.15) is 18.4 Å². The number of hydrogen-bond acceptors (Lipinski definition) is 2. The lowest BCUT2D eigenvalue weighted by atomic mass is 9.63. The van der Waals surface area contributed by atoms with Crippen LogP contribution in [0, 0.1) is 23.7 Å². The van der Waals surface area contributed by atoms with E-state index in [0.29, 0.717) is 6.54 Å². The lowest BCUT2D eigenvalue weighted by Gasteiger charge is -2.38. The molecular weight excluding hydrogens is 330 g/mol. The molecule has 0 N–H and O–H groups in total. The van der Waals surface area contributed by atoms with Crippen molar-refractivity contribution in [1.29, 1.82) is 0 Å². The van der Waals surface area contributed by atoms with Crippen LogP contribution < -0.4 is 0 Å². The number of fused-ring (bicyclic) bond motifs is 1. The fraction of sp³-hybridized carbons (Fsp3) is 0.412. The fourth-order valence-corrected chi connectivity index (χ4v) is 4.33. The van der Waals surface area contributed by atoms with Gasteiger partial charge < -0.3 is 0 Å². The molecule has 5 rings (SSSR count). The maximum absolute atomic E-state index is 12.7. The van der Waals surface area contributed by atoms with Crippen LogP contribution in [-0.2, 0) is 16.1 Å². The van der Waals surface area contributed by atoms with Crippen LogP contribution >= 0.6 is 15.9 Å². The molecular formula is C17H16BrNO2. The summed E-state index contributed by atoms with van der Waals surface area (Å²) >= 11 is 3.40.